The molecule has 3 amide bonds. The number of amides is 3. The van der Waals surface area contributed by atoms with Crippen molar-refractivity contribution in [3.63, 3.8) is 0 Å². The second-order valence-electron chi connectivity index (χ2n) is 6.35. The fraction of sp³-hybridized carbons (Fsp3) is 0.556. The van der Waals surface area contributed by atoms with Crippen molar-refractivity contribution in [2.75, 3.05) is 6.54 Å². The molecule has 0 aliphatic heterocycles. The molecular weight excluding hydrogens is 309 g/mol. The molecule has 132 valence electrons. The van der Waals surface area contributed by atoms with E-state index in [1.807, 2.05) is 0 Å². The molecule has 0 saturated heterocycles. The summed E-state index contributed by atoms with van der Waals surface area (Å²) in [4.78, 5) is 23.5. The third-order valence-corrected chi connectivity index (χ3v) is 4.29. The van der Waals surface area contributed by atoms with Gasteiger partial charge in [-0.15, -0.1) is 0 Å². The summed E-state index contributed by atoms with van der Waals surface area (Å²) in [5.74, 6) is -0.395. The molecule has 1 aliphatic rings. The SMILES string of the molecule is Cc1cc(CNC(=O)CCNC(=O)NC2CCCCC2)ccc1F. The summed E-state index contributed by atoms with van der Waals surface area (Å²) in [6.07, 6.45) is 5.86. The van der Waals surface area contributed by atoms with Crippen molar-refractivity contribution in [1.29, 1.82) is 0 Å². The minimum absolute atomic E-state index is 0.144. The fourth-order valence-corrected chi connectivity index (χ4v) is 2.88. The number of hydrogen-bond donors (Lipinski definition) is 3. The molecule has 0 unspecified atom stereocenters. The summed E-state index contributed by atoms with van der Waals surface area (Å²) >= 11 is 0. The van der Waals surface area contributed by atoms with Gasteiger partial charge in [0.2, 0.25) is 5.91 Å². The van der Waals surface area contributed by atoms with E-state index in [9.17, 15) is 14.0 Å². The first-order valence-corrected chi connectivity index (χ1v) is 8.60. The summed E-state index contributed by atoms with van der Waals surface area (Å²) in [5.41, 5.74) is 1.41. The van der Waals surface area contributed by atoms with Gasteiger partial charge in [0, 0.05) is 25.6 Å². The number of carbonyl (C=O) groups excluding carboxylic acids is 2. The predicted molar refractivity (Wildman–Crippen MR) is 91.0 cm³/mol. The smallest absolute Gasteiger partial charge is 0.315 e. The monoisotopic (exact) mass is 335 g/mol. The lowest BCUT2D eigenvalue weighted by atomic mass is 9.96. The highest BCUT2D eigenvalue weighted by molar-refractivity contribution is 5.78. The first-order valence-electron chi connectivity index (χ1n) is 8.60. The molecule has 0 spiro atoms. The average Bonchev–Trinajstić information content (AvgIpc) is 2.57. The Balaban J connectivity index is 1.60. The van der Waals surface area contributed by atoms with Crippen LogP contribution < -0.4 is 16.0 Å². The summed E-state index contributed by atoms with van der Waals surface area (Å²) in [6.45, 7) is 2.34. The van der Waals surface area contributed by atoms with Crippen molar-refractivity contribution in [1.82, 2.24) is 16.0 Å². The van der Waals surface area contributed by atoms with E-state index < -0.39 is 0 Å². The van der Waals surface area contributed by atoms with Crippen molar-refractivity contribution >= 4 is 11.9 Å². The standard InChI is InChI=1S/C18H26FN3O2/c1-13-11-14(7-8-16(13)19)12-21-17(23)9-10-20-18(24)22-15-5-3-2-4-6-15/h7-8,11,15H,2-6,9-10,12H2,1H3,(H,21,23)(H2,20,22,24). The van der Waals surface area contributed by atoms with E-state index >= 15 is 0 Å². The average molecular weight is 335 g/mol. The highest BCUT2D eigenvalue weighted by atomic mass is 19.1. The zero-order chi connectivity index (χ0) is 17.4. The minimum atomic E-state index is -0.252. The number of benzene rings is 1. The van der Waals surface area contributed by atoms with Crippen LogP contribution in [0.2, 0.25) is 0 Å². The Morgan fingerprint density at radius 3 is 2.62 bits per heavy atom. The van der Waals surface area contributed by atoms with Crippen molar-refractivity contribution in [2.45, 2.75) is 58.0 Å². The fourth-order valence-electron chi connectivity index (χ4n) is 2.88. The van der Waals surface area contributed by atoms with Crippen LogP contribution in [0.4, 0.5) is 9.18 Å². The normalized spacial score (nSPS) is 14.9. The molecular formula is C18H26FN3O2. The van der Waals surface area contributed by atoms with Gasteiger partial charge in [-0.3, -0.25) is 4.79 Å². The minimum Gasteiger partial charge on any atom is -0.352 e. The first kappa shape index (κ1) is 18.2. The van der Waals surface area contributed by atoms with Crippen molar-refractivity contribution < 1.29 is 14.0 Å². The van der Waals surface area contributed by atoms with Gasteiger partial charge in [0.1, 0.15) is 5.82 Å². The van der Waals surface area contributed by atoms with Gasteiger partial charge < -0.3 is 16.0 Å². The Labute approximate surface area is 142 Å². The second-order valence-corrected chi connectivity index (χ2v) is 6.35. The Morgan fingerprint density at radius 2 is 1.92 bits per heavy atom. The van der Waals surface area contributed by atoms with Crippen LogP contribution in [-0.2, 0) is 11.3 Å². The zero-order valence-corrected chi connectivity index (χ0v) is 14.2. The van der Waals surface area contributed by atoms with Gasteiger partial charge in [-0.05, 0) is 37.0 Å². The lowest BCUT2D eigenvalue weighted by Gasteiger charge is -2.22. The van der Waals surface area contributed by atoms with Crippen LogP contribution in [0.25, 0.3) is 0 Å². The quantitative estimate of drug-likeness (QED) is 0.748. The Hall–Kier alpha value is -2.11. The van der Waals surface area contributed by atoms with Crippen LogP contribution in [-0.4, -0.2) is 24.5 Å². The molecule has 2 rings (SSSR count). The van der Waals surface area contributed by atoms with Gasteiger partial charge in [-0.25, -0.2) is 9.18 Å². The van der Waals surface area contributed by atoms with E-state index in [0.29, 0.717) is 18.7 Å². The maximum Gasteiger partial charge on any atom is 0.315 e. The van der Waals surface area contributed by atoms with E-state index in [1.54, 1.807) is 19.1 Å². The van der Waals surface area contributed by atoms with Crippen molar-refractivity contribution in [3.05, 3.63) is 35.1 Å². The van der Waals surface area contributed by atoms with E-state index in [1.165, 1.54) is 12.5 Å². The van der Waals surface area contributed by atoms with E-state index in [-0.39, 0.29) is 30.2 Å². The maximum atomic E-state index is 13.2. The number of hydrogen-bond acceptors (Lipinski definition) is 2. The molecule has 1 aliphatic carbocycles. The lowest BCUT2D eigenvalue weighted by Crippen LogP contribution is -2.43. The van der Waals surface area contributed by atoms with Gasteiger partial charge in [-0.2, -0.15) is 0 Å². The summed E-state index contributed by atoms with van der Waals surface area (Å²) < 4.78 is 13.2. The third-order valence-electron chi connectivity index (χ3n) is 4.29. The molecule has 5 nitrogen and oxygen atoms in total. The molecule has 3 N–H and O–H groups in total. The first-order chi connectivity index (χ1) is 11.5. The Bertz CT molecular complexity index is 571. The lowest BCUT2D eigenvalue weighted by molar-refractivity contribution is -0.121. The highest BCUT2D eigenvalue weighted by Crippen LogP contribution is 2.17. The van der Waals surface area contributed by atoms with Crippen LogP contribution in [0.5, 0.6) is 0 Å². The van der Waals surface area contributed by atoms with E-state index in [0.717, 1.165) is 31.2 Å². The zero-order valence-electron chi connectivity index (χ0n) is 14.2. The topological polar surface area (TPSA) is 70.2 Å². The molecule has 1 saturated carbocycles. The van der Waals surface area contributed by atoms with Gasteiger partial charge in [0.05, 0.1) is 0 Å². The van der Waals surface area contributed by atoms with Crippen molar-refractivity contribution in [3.8, 4) is 0 Å². The molecule has 0 radical (unpaired) electrons. The largest absolute Gasteiger partial charge is 0.352 e. The number of carbonyl (C=O) groups is 2. The summed E-state index contributed by atoms with van der Waals surface area (Å²) in [7, 11) is 0. The molecule has 0 aromatic heterocycles. The van der Waals surface area contributed by atoms with E-state index in [2.05, 4.69) is 16.0 Å². The van der Waals surface area contributed by atoms with Crippen LogP contribution >= 0.6 is 0 Å². The highest BCUT2D eigenvalue weighted by Gasteiger charge is 2.15. The second kappa shape index (κ2) is 9.25. The van der Waals surface area contributed by atoms with Crippen LogP contribution in [0.1, 0.15) is 49.7 Å². The summed E-state index contributed by atoms with van der Waals surface area (Å²) in [6, 6.07) is 4.82. The molecule has 24 heavy (non-hydrogen) atoms. The Kier molecular flexibility index (Phi) is 7.03. The molecule has 1 aromatic carbocycles. The molecule has 1 fully saturated rings. The molecule has 1 aromatic rings. The van der Waals surface area contributed by atoms with Gasteiger partial charge in [0.25, 0.3) is 0 Å². The predicted octanol–water partition coefficient (Wildman–Crippen LogP) is 2.77. The van der Waals surface area contributed by atoms with Gasteiger partial charge in [0.15, 0.2) is 0 Å². The van der Waals surface area contributed by atoms with E-state index in [4.69, 9.17) is 0 Å². The van der Waals surface area contributed by atoms with Gasteiger partial charge >= 0.3 is 6.03 Å². The third kappa shape index (κ3) is 6.18. The molecule has 0 heterocycles. The number of halogens is 1. The molecule has 0 atom stereocenters. The number of urea groups is 1. The number of nitrogens with one attached hydrogen (secondary N) is 3. The Morgan fingerprint density at radius 1 is 1.17 bits per heavy atom. The van der Waals surface area contributed by atoms with Crippen LogP contribution in [0, 0.1) is 12.7 Å². The molecule has 6 heteroatoms. The maximum absolute atomic E-state index is 13.2. The van der Waals surface area contributed by atoms with Crippen LogP contribution in [0.15, 0.2) is 18.2 Å². The van der Waals surface area contributed by atoms with Crippen LogP contribution in [0.3, 0.4) is 0 Å². The van der Waals surface area contributed by atoms with Crippen molar-refractivity contribution in [2.24, 2.45) is 0 Å². The summed E-state index contributed by atoms with van der Waals surface area (Å²) in [5, 5.41) is 8.43. The molecule has 0 bridgehead atoms. The number of rotatable bonds is 6. The van der Waals surface area contributed by atoms with Gasteiger partial charge in [-0.1, -0.05) is 31.4 Å². The number of aryl methyl sites for hydroxylation is 1.